The van der Waals surface area contributed by atoms with Crippen molar-refractivity contribution < 1.29 is 24.0 Å². The quantitative estimate of drug-likeness (QED) is 0.0404. The topological polar surface area (TPSA) is 108 Å². The van der Waals surface area contributed by atoms with E-state index in [2.05, 4.69) is 120 Å². The van der Waals surface area contributed by atoms with Crippen molar-refractivity contribution in [2.24, 2.45) is 22.2 Å². The smallest absolute Gasteiger partial charge is 0.293 e. The second-order valence-electron chi connectivity index (χ2n) is 18.1. The number of aliphatic imine (C=N–C) groups is 1. The summed E-state index contributed by atoms with van der Waals surface area (Å²) >= 11 is 4.46. The molecule has 0 radical (unpaired) electrons. The lowest BCUT2D eigenvalue weighted by molar-refractivity contribution is -0.250. The normalized spacial score (nSPS) is 20.6. The van der Waals surface area contributed by atoms with Gasteiger partial charge in [0.15, 0.2) is 0 Å². The van der Waals surface area contributed by atoms with Crippen LogP contribution < -0.4 is 4.90 Å². The first-order valence-corrected chi connectivity index (χ1v) is 23.4. The maximum absolute atomic E-state index is 13.4. The summed E-state index contributed by atoms with van der Waals surface area (Å²) in [5, 5.41) is 3.62. The number of allylic oxidation sites excluding steroid dienone is 2. The van der Waals surface area contributed by atoms with Gasteiger partial charge in [-0.05, 0) is 111 Å². The average molecular weight is 869 g/mol. The number of aromatic nitrogens is 1. The Kier molecular flexibility index (Phi) is 18.2. The van der Waals surface area contributed by atoms with Gasteiger partial charge in [-0.15, -0.1) is 17.8 Å². The van der Waals surface area contributed by atoms with Crippen molar-refractivity contribution in [1.29, 1.82) is 0 Å². The number of anilines is 1. The molecule has 3 aliphatic rings. The molecule has 0 saturated carbocycles. The molecule has 0 amide bonds. The largest absolute Gasteiger partial charge is 0.467 e. The van der Waals surface area contributed by atoms with Gasteiger partial charge in [0.2, 0.25) is 5.12 Å². The number of pyridine rings is 1. The predicted molar refractivity (Wildman–Crippen MR) is 254 cm³/mol. The number of nitrogens with zero attached hydrogens (tertiary/aromatic N) is 6. The highest BCUT2D eigenvalue weighted by Crippen LogP contribution is 2.54. The van der Waals surface area contributed by atoms with E-state index < -0.39 is 6.04 Å². The molecule has 338 valence electrons. The van der Waals surface area contributed by atoms with Crippen molar-refractivity contribution in [3.05, 3.63) is 89.9 Å². The zero-order valence-corrected chi connectivity index (χ0v) is 39.3. The summed E-state index contributed by atoms with van der Waals surface area (Å²) in [4.78, 5) is 56.8. The van der Waals surface area contributed by atoms with Gasteiger partial charge >= 0.3 is 0 Å². The van der Waals surface area contributed by atoms with Crippen molar-refractivity contribution in [1.82, 2.24) is 20.1 Å². The van der Waals surface area contributed by atoms with Crippen molar-refractivity contribution in [3.63, 3.8) is 0 Å². The molecular formula is C50H72N6O5S. The second-order valence-corrected chi connectivity index (χ2v) is 18.5. The Bertz CT molecular complexity index is 1930. The van der Waals surface area contributed by atoms with Crippen LogP contribution >= 0.6 is 12.6 Å². The fourth-order valence-electron chi connectivity index (χ4n) is 9.73. The van der Waals surface area contributed by atoms with Gasteiger partial charge in [0.05, 0.1) is 31.0 Å². The van der Waals surface area contributed by atoms with E-state index in [0.717, 1.165) is 92.6 Å². The molecule has 0 bridgehead atoms. The van der Waals surface area contributed by atoms with E-state index in [1.807, 2.05) is 11.2 Å². The molecule has 6 unspecified atom stereocenters. The standard InChI is InChI=1S/C50H72N6O5S/c1-10-35(5)46-40(20-19-24-51-46)48-42(31-50(8,9)32-60-34-58)41-29-38(22-23-45(41)54(48)13-4)44-30-39(43(52-44)21-17-15-14-16-18-26-57)28-36(6)47(49(59)62)55-25-27-61-56(55)33-53(12-3)37(7)11-2/h11,19-20,22-24,26,29-30,34-36,39,42,47-48H,2,7,10,12-18,21,25,27-28,31-33H2,1,3-6,8-9H3,(H,59,62). The summed E-state index contributed by atoms with van der Waals surface area (Å²) in [5.41, 5.74) is 8.55. The third-order valence-corrected chi connectivity index (χ3v) is 13.4. The summed E-state index contributed by atoms with van der Waals surface area (Å²) < 4.78 is 5.40. The number of likely N-dealkylation sites (N-methyl/N-ethyl adjacent to an activating group) is 2. The minimum absolute atomic E-state index is 0.0339. The maximum Gasteiger partial charge on any atom is 0.293 e. The molecule has 62 heavy (non-hydrogen) atoms. The van der Waals surface area contributed by atoms with Gasteiger partial charge in [0.1, 0.15) is 13.0 Å². The van der Waals surface area contributed by atoms with Crippen molar-refractivity contribution in [2.75, 3.05) is 44.4 Å². The Morgan fingerprint density at radius 1 is 1.11 bits per heavy atom. The highest BCUT2D eigenvalue weighted by atomic mass is 32.1. The number of carbonyl (C=O) groups excluding carboxylic acids is 3. The molecule has 12 heteroatoms. The van der Waals surface area contributed by atoms with Crippen LogP contribution in [0.2, 0.25) is 0 Å². The number of hydrogen-bond donors (Lipinski definition) is 1. The maximum atomic E-state index is 13.4. The molecule has 2 aromatic rings. The van der Waals surface area contributed by atoms with Gasteiger partial charge in [-0.25, -0.2) is 5.01 Å². The third kappa shape index (κ3) is 11.7. The molecule has 0 N–H and O–H groups in total. The molecule has 4 heterocycles. The lowest BCUT2D eigenvalue weighted by atomic mass is 9.76. The van der Waals surface area contributed by atoms with Gasteiger partial charge in [-0.1, -0.05) is 72.8 Å². The van der Waals surface area contributed by atoms with E-state index in [1.54, 1.807) is 11.2 Å². The van der Waals surface area contributed by atoms with Gasteiger partial charge in [-0.2, -0.15) is 0 Å². The number of fused-ring (bicyclic) bond motifs is 1. The molecule has 0 spiro atoms. The number of unbranched alkanes of at least 4 members (excludes halogenated alkanes) is 4. The Hall–Kier alpha value is -4.10. The number of hydroxylamine groups is 1. The fourth-order valence-corrected chi connectivity index (χ4v) is 10.1. The molecule has 1 aromatic heterocycles. The number of hydrazine groups is 1. The van der Waals surface area contributed by atoms with Gasteiger partial charge in [-0.3, -0.25) is 24.4 Å². The first kappa shape index (κ1) is 48.9. The highest BCUT2D eigenvalue weighted by molar-refractivity contribution is 7.96. The molecule has 5 rings (SSSR count). The summed E-state index contributed by atoms with van der Waals surface area (Å²) in [6.45, 7) is 27.2. The van der Waals surface area contributed by atoms with Crippen LogP contribution in [0, 0.1) is 17.3 Å². The lowest BCUT2D eigenvalue weighted by Gasteiger charge is -2.38. The summed E-state index contributed by atoms with van der Waals surface area (Å²) in [6, 6.07) is 10.7. The summed E-state index contributed by atoms with van der Waals surface area (Å²) in [7, 11) is 0. The highest BCUT2D eigenvalue weighted by Gasteiger charge is 2.44. The van der Waals surface area contributed by atoms with E-state index in [9.17, 15) is 14.4 Å². The number of aldehydes is 1. The number of hydrogen-bond acceptors (Lipinski definition) is 11. The zero-order chi connectivity index (χ0) is 45.0. The van der Waals surface area contributed by atoms with Gasteiger partial charge in [0.25, 0.3) is 6.47 Å². The van der Waals surface area contributed by atoms with Gasteiger partial charge in [0, 0.05) is 72.4 Å². The van der Waals surface area contributed by atoms with Crippen LogP contribution in [0.25, 0.3) is 5.70 Å². The van der Waals surface area contributed by atoms with E-state index in [-0.39, 0.29) is 34.3 Å². The summed E-state index contributed by atoms with van der Waals surface area (Å²) in [5.74, 6) is 0.374. The van der Waals surface area contributed by atoms with Crippen LogP contribution in [0.3, 0.4) is 0 Å². The molecule has 6 atom stereocenters. The number of thiol groups is 1. The summed E-state index contributed by atoms with van der Waals surface area (Å²) in [6.07, 6.45) is 14.8. The minimum atomic E-state index is -0.504. The van der Waals surface area contributed by atoms with Crippen LogP contribution in [0.4, 0.5) is 5.69 Å². The number of carbonyl (C=O) groups is 3. The predicted octanol–water partition coefficient (Wildman–Crippen LogP) is 10.1. The van der Waals surface area contributed by atoms with Crippen LogP contribution in [-0.4, -0.2) is 89.2 Å². The number of benzene rings is 1. The number of ether oxygens (including phenoxy) is 1. The zero-order valence-electron chi connectivity index (χ0n) is 38.4. The first-order chi connectivity index (χ1) is 29.8. The molecule has 3 aliphatic heterocycles. The Morgan fingerprint density at radius 3 is 2.56 bits per heavy atom. The molecule has 1 saturated heterocycles. The molecule has 11 nitrogen and oxygen atoms in total. The molecule has 1 fully saturated rings. The van der Waals surface area contributed by atoms with Crippen molar-refractivity contribution in [3.8, 4) is 0 Å². The van der Waals surface area contributed by atoms with Crippen molar-refractivity contribution in [2.45, 2.75) is 130 Å². The fraction of sp³-hybridized carbons (Fsp3) is 0.580. The lowest BCUT2D eigenvalue weighted by Crippen LogP contribution is -2.52. The molecular weight excluding hydrogens is 797 g/mol. The van der Waals surface area contributed by atoms with Crippen LogP contribution in [0.1, 0.15) is 147 Å². The van der Waals surface area contributed by atoms with E-state index in [1.165, 1.54) is 16.8 Å². The molecule has 1 aromatic carbocycles. The van der Waals surface area contributed by atoms with Crippen LogP contribution in [-0.2, 0) is 24.0 Å². The van der Waals surface area contributed by atoms with E-state index in [0.29, 0.717) is 51.8 Å². The SMILES string of the molecule is C=CC(=C)N(CC)CN1OCCN1C(C(=O)S)C(C)CC1C=C(c2ccc3c(c2)C(CC(C)(C)COC=O)C(c2cccnc2C(C)CC)N3CC)N=C1CCCCCCC=O. The Labute approximate surface area is 377 Å². The van der Waals surface area contributed by atoms with Crippen molar-refractivity contribution >= 4 is 47.6 Å². The van der Waals surface area contributed by atoms with Crippen LogP contribution in [0.15, 0.2) is 72.5 Å². The van der Waals surface area contributed by atoms with Crippen LogP contribution in [0.5, 0.6) is 0 Å². The minimum Gasteiger partial charge on any atom is -0.467 e. The Morgan fingerprint density at radius 2 is 1.89 bits per heavy atom. The van der Waals surface area contributed by atoms with E-state index >= 15 is 0 Å². The number of rotatable bonds is 27. The second kappa shape index (κ2) is 23.0. The molecule has 0 aliphatic carbocycles. The Balaban J connectivity index is 1.51. The average Bonchev–Trinajstić information content (AvgIpc) is 3.97. The monoisotopic (exact) mass is 869 g/mol. The van der Waals surface area contributed by atoms with Gasteiger partial charge < -0.3 is 19.3 Å². The van der Waals surface area contributed by atoms with E-state index in [4.69, 9.17) is 19.6 Å². The third-order valence-electron chi connectivity index (χ3n) is 13.1. The first-order valence-electron chi connectivity index (χ1n) is 22.9.